The number of hydrogen-bond donors (Lipinski definition) is 2. The second-order valence-electron chi connectivity index (χ2n) is 4.71. The fourth-order valence-electron chi connectivity index (χ4n) is 2.42. The van der Waals surface area contributed by atoms with Gasteiger partial charge in [-0.2, -0.15) is 0 Å². The number of anilines is 1. The van der Waals surface area contributed by atoms with Crippen molar-refractivity contribution in [1.82, 2.24) is 15.1 Å². The SMILES string of the molecule is O=C(O)N1CCC[C@@H](Nc2nnc(Cl)c3occc23)C1. The Morgan fingerprint density at radius 2 is 2.40 bits per heavy atom. The average molecular weight is 297 g/mol. The Labute approximate surface area is 119 Å². The first-order valence-corrected chi connectivity index (χ1v) is 6.66. The molecule has 1 atom stereocenters. The minimum atomic E-state index is -0.896. The Kier molecular flexibility index (Phi) is 3.35. The van der Waals surface area contributed by atoms with E-state index < -0.39 is 6.09 Å². The van der Waals surface area contributed by atoms with Crippen LogP contribution >= 0.6 is 11.6 Å². The molecule has 2 aromatic rings. The van der Waals surface area contributed by atoms with Crippen molar-refractivity contribution >= 4 is 34.5 Å². The van der Waals surface area contributed by atoms with E-state index in [2.05, 4.69) is 15.5 Å². The molecule has 3 heterocycles. The smallest absolute Gasteiger partial charge is 0.407 e. The van der Waals surface area contributed by atoms with Gasteiger partial charge in [0.25, 0.3) is 0 Å². The van der Waals surface area contributed by atoms with Gasteiger partial charge in [0.15, 0.2) is 16.6 Å². The molecule has 2 aromatic heterocycles. The summed E-state index contributed by atoms with van der Waals surface area (Å²) in [6.45, 7) is 1.000. The van der Waals surface area contributed by atoms with Gasteiger partial charge in [0, 0.05) is 19.1 Å². The zero-order valence-corrected chi connectivity index (χ0v) is 11.3. The maximum atomic E-state index is 11.0. The third kappa shape index (κ3) is 2.36. The van der Waals surface area contributed by atoms with E-state index in [1.807, 2.05) is 0 Å². The number of aromatic nitrogens is 2. The molecule has 0 unspecified atom stereocenters. The van der Waals surface area contributed by atoms with Crippen molar-refractivity contribution < 1.29 is 14.3 Å². The molecule has 1 amide bonds. The summed E-state index contributed by atoms with van der Waals surface area (Å²) in [5, 5.41) is 21.1. The summed E-state index contributed by atoms with van der Waals surface area (Å²) in [6.07, 6.45) is 2.33. The number of fused-ring (bicyclic) bond motifs is 1. The minimum absolute atomic E-state index is 0.00780. The van der Waals surface area contributed by atoms with Crippen LogP contribution in [0.4, 0.5) is 10.6 Å². The summed E-state index contributed by atoms with van der Waals surface area (Å²) in [4.78, 5) is 12.4. The Hall–Kier alpha value is -2.02. The summed E-state index contributed by atoms with van der Waals surface area (Å²) in [5.41, 5.74) is 0.482. The van der Waals surface area contributed by atoms with Crippen LogP contribution < -0.4 is 5.32 Å². The van der Waals surface area contributed by atoms with Crippen molar-refractivity contribution in [3.63, 3.8) is 0 Å². The maximum Gasteiger partial charge on any atom is 0.407 e. The number of likely N-dealkylation sites (tertiary alicyclic amines) is 1. The first-order chi connectivity index (χ1) is 9.65. The summed E-state index contributed by atoms with van der Waals surface area (Å²) in [5.74, 6) is 0.565. The average Bonchev–Trinajstić information content (AvgIpc) is 2.93. The lowest BCUT2D eigenvalue weighted by molar-refractivity contribution is 0.133. The topological polar surface area (TPSA) is 91.5 Å². The number of carboxylic acid groups (broad SMARTS) is 1. The van der Waals surface area contributed by atoms with Crippen molar-refractivity contribution in [3.05, 3.63) is 17.5 Å². The second kappa shape index (κ2) is 5.16. The van der Waals surface area contributed by atoms with Gasteiger partial charge in [0.1, 0.15) is 0 Å². The molecule has 1 saturated heterocycles. The number of halogens is 1. The van der Waals surface area contributed by atoms with Crippen LogP contribution in [0.15, 0.2) is 16.7 Å². The van der Waals surface area contributed by atoms with Crippen LogP contribution in [0.5, 0.6) is 0 Å². The standard InChI is InChI=1S/C12H13ClN4O3/c13-10-9-8(3-5-20-9)11(16-15-10)14-7-2-1-4-17(6-7)12(18)19/h3,5,7H,1-2,4,6H2,(H,14,16)(H,18,19)/t7-/m1/s1. The lowest BCUT2D eigenvalue weighted by atomic mass is 10.1. The van der Waals surface area contributed by atoms with Crippen LogP contribution in [0.2, 0.25) is 5.15 Å². The van der Waals surface area contributed by atoms with Crippen LogP contribution in [0.3, 0.4) is 0 Å². The molecule has 0 saturated carbocycles. The van der Waals surface area contributed by atoms with E-state index >= 15 is 0 Å². The van der Waals surface area contributed by atoms with Crippen molar-refractivity contribution in [2.75, 3.05) is 18.4 Å². The summed E-state index contributed by atoms with van der Waals surface area (Å²) in [6, 6.07) is 1.77. The molecule has 0 aliphatic carbocycles. The summed E-state index contributed by atoms with van der Waals surface area (Å²) in [7, 11) is 0. The van der Waals surface area contributed by atoms with Crippen LogP contribution in [0.25, 0.3) is 11.0 Å². The molecule has 2 N–H and O–H groups in total. The summed E-state index contributed by atoms with van der Waals surface area (Å²) >= 11 is 5.90. The van der Waals surface area contributed by atoms with Crippen molar-refractivity contribution in [1.29, 1.82) is 0 Å². The largest absolute Gasteiger partial charge is 0.465 e. The Balaban J connectivity index is 1.81. The fraction of sp³-hybridized carbons (Fsp3) is 0.417. The van der Waals surface area contributed by atoms with Gasteiger partial charge in [0.2, 0.25) is 0 Å². The number of nitrogens with one attached hydrogen (secondary N) is 1. The molecular weight excluding hydrogens is 284 g/mol. The molecular formula is C12H13ClN4O3. The van der Waals surface area contributed by atoms with Gasteiger partial charge in [-0.15, -0.1) is 10.2 Å². The van der Waals surface area contributed by atoms with Gasteiger partial charge in [-0.05, 0) is 18.9 Å². The van der Waals surface area contributed by atoms with Crippen LogP contribution in [-0.4, -0.2) is 45.4 Å². The van der Waals surface area contributed by atoms with Gasteiger partial charge >= 0.3 is 6.09 Å². The van der Waals surface area contributed by atoms with Gasteiger partial charge < -0.3 is 19.7 Å². The van der Waals surface area contributed by atoms with Crippen molar-refractivity contribution in [2.45, 2.75) is 18.9 Å². The van der Waals surface area contributed by atoms with Gasteiger partial charge in [-0.3, -0.25) is 0 Å². The maximum absolute atomic E-state index is 11.0. The number of amides is 1. The number of hydrogen-bond acceptors (Lipinski definition) is 5. The van der Waals surface area contributed by atoms with Crippen molar-refractivity contribution in [2.24, 2.45) is 0 Å². The highest BCUT2D eigenvalue weighted by molar-refractivity contribution is 6.33. The number of nitrogens with zero attached hydrogens (tertiary/aromatic N) is 3. The number of furan rings is 1. The highest BCUT2D eigenvalue weighted by atomic mass is 35.5. The Bertz CT molecular complexity index is 645. The lowest BCUT2D eigenvalue weighted by Gasteiger charge is -2.31. The minimum Gasteiger partial charge on any atom is -0.465 e. The third-order valence-electron chi connectivity index (χ3n) is 3.38. The van der Waals surface area contributed by atoms with Crippen LogP contribution in [-0.2, 0) is 0 Å². The van der Waals surface area contributed by atoms with E-state index in [1.54, 1.807) is 6.07 Å². The van der Waals surface area contributed by atoms with E-state index in [0.717, 1.165) is 18.2 Å². The molecule has 7 nitrogen and oxygen atoms in total. The van der Waals surface area contributed by atoms with Crippen LogP contribution in [0.1, 0.15) is 12.8 Å². The molecule has 1 aliphatic heterocycles. The fourth-order valence-corrected chi connectivity index (χ4v) is 2.60. The van der Waals surface area contributed by atoms with E-state index in [0.29, 0.717) is 24.5 Å². The zero-order chi connectivity index (χ0) is 14.1. The van der Waals surface area contributed by atoms with Crippen molar-refractivity contribution in [3.8, 4) is 0 Å². The van der Waals surface area contributed by atoms with Gasteiger partial charge in [0.05, 0.1) is 11.6 Å². The normalized spacial score (nSPS) is 19.2. The predicted octanol–water partition coefficient (Wildman–Crippen LogP) is 2.43. The van der Waals surface area contributed by atoms with Gasteiger partial charge in [-0.1, -0.05) is 11.6 Å². The number of carbonyl (C=O) groups is 1. The molecule has 0 radical (unpaired) electrons. The Morgan fingerprint density at radius 1 is 1.55 bits per heavy atom. The quantitative estimate of drug-likeness (QED) is 0.884. The van der Waals surface area contributed by atoms with Gasteiger partial charge in [-0.25, -0.2) is 4.79 Å². The first-order valence-electron chi connectivity index (χ1n) is 6.29. The molecule has 1 aliphatic rings. The zero-order valence-electron chi connectivity index (χ0n) is 10.5. The molecule has 0 spiro atoms. The molecule has 0 aromatic carbocycles. The van der Waals surface area contributed by atoms with E-state index in [-0.39, 0.29) is 11.2 Å². The molecule has 8 heteroatoms. The molecule has 106 valence electrons. The second-order valence-corrected chi connectivity index (χ2v) is 5.07. The molecule has 0 bridgehead atoms. The third-order valence-corrected chi connectivity index (χ3v) is 3.63. The number of rotatable bonds is 2. The monoisotopic (exact) mass is 296 g/mol. The molecule has 3 rings (SSSR count). The molecule has 1 fully saturated rings. The highest BCUT2D eigenvalue weighted by Crippen LogP contribution is 2.28. The number of piperidine rings is 1. The van der Waals surface area contributed by atoms with Crippen LogP contribution in [0, 0.1) is 0 Å². The predicted molar refractivity (Wildman–Crippen MR) is 73.1 cm³/mol. The van der Waals surface area contributed by atoms with E-state index in [1.165, 1.54) is 11.2 Å². The summed E-state index contributed by atoms with van der Waals surface area (Å²) < 4.78 is 5.26. The van der Waals surface area contributed by atoms with E-state index in [9.17, 15) is 4.79 Å². The highest BCUT2D eigenvalue weighted by Gasteiger charge is 2.24. The lowest BCUT2D eigenvalue weighted by Crippen LogP contribution is -2.44. The molecule has 20 heavy (non-hydrogen) atoms. The Morgan fingerprint density at radius 3 is 3.20 bits per heavy atom. The first kappa shape index (κ1) is 13.0. The van der Waals surface area contributed by atoms with E-state index in [4.69, 9.17) is 21.1 Å².